The van der Waals surface area contributed by atoms with E-state index in [1.807, 2.05) is 20.8 Å². The minimum absolute atomic E-state index is 0.316. The second-order valence-electron chi connectivity index (χ2n) is 7.21. The Morgan fingerprint density at radius 3 is 2.30 bits per heavy atom. The molecule has 0 aromatic heterocycles. The molecule has 1 fully saturated rings. The van der Waals surface area contributed by atoms with E-state index in [0.29, 0.717) is 24.5 Å². The molecule has 1 saturated carbocycles. The van der Waals surface area contributed by atoms with Crippen molar-refractivity contribution in [3.8, 4) is 0 Å². The molecule has 1 atom stereocenters. The third kappa shape index (κ3) is 7.13. The van der Waals surface area contributed by atoms with E-state index in [0.717, 1.165) is 0 Å². The molecule has 4 nitrogen and oxygen atoms in total. The van der Waals surface area contributed by atoms with Crippen molar-refractivity contribution in [2.45, 2.75) is 84.4 Å². The lowest BCUT2D eigenvalue weighted by molar-refractivity contribution is 0.0514. The lowest BCUT2D eigenvalue weighted by Crippen LogP contribution is -2.49. The van der Waals surface area contributed by atoms with Crippen LogP contribution in [-0.4, -0.2) is 30.3 Å². The van der Waals surface area contributed by atoms with Gasteiger partial charge in [0.1, 0.15) is 5.60 Å². The number of rotatable bonds is 5. The van der Waals surface area contributed by atoms with E-state index in [1.54, 1.807) is 0 Å². The van der Waals surface area contributed by atoms with Crippen LogP contribution in [0.3, 0.4) is 0 Å². The summed E-state index contributed by atoms with van der Waals surface area (Å²) in [7, 11) is 0. The molecule has 1 aliphatic carbocycles. The van der Waals surface area contributed by atoms with Gasteiger partial charge in [-0.1, -0.05) is 33.1 Å². The molecule has 0 spiro atoms. The highest BCUT2D eigenvalue weighted by Gasteiger charge is 2.25. The van der Waals surface area contributed by atoms with Crippen LogP contribution < -0.4 is 10.6 Å². The summed E-state index contributed by atoms with van der Waals surface area (Å²) in [6.07, 6.45) is 6.19. The maximum atomic E-state index is 11.8. The number of carbonyl (C=O) groups excluding carboxylic acids is 1. The smallest absolute Gasteiger partial charge is 0.407 e. The minimum Gasteiger partial charge on any atom is -0.444 e. The van der Waals surface area contributed by atoms with E-state index in [-0.39, 0.29) is 6.09 Å². The van der Waals surface area contributed by atoms with Gasteiger partial charge in [0.25, 0.3) is 0 Å². The summed E-state index contributed by atoms with van der Waals surface area (Å²) in [6, 6.07) is 0.783. The van der Waals surface area contributed by atoms with Gasteiger partial charge in [-0.15, -0.1) is 0 Å². The Kier molecular flexibility index (Phi) is 6.80. The van der Waals surface area contributed by atoms with Gasteiger partial charge in [-0.05, 0) is 39.5 Å². The van der Waals surface area contributed by atoms with Gasteiger partial charge >= 0.3 is 6.09 Å². The largest absolute Gasteiger partial charge is 0.444 e. The molecule has 20 heavy (non-hydrogen) atoms. The first-order chi connectivity index (χ1) is 9.28. The Morgan fingerprint density at radius 2 is 1.80 bits per heavy atom. The molecule has 118 valence electrons. The highest BCUT2D eigenvalue weighted by molar-refractivity contribution is 5.67. The van der Waals surface area contributed by atoms with Crippen LogP contribution in [0, 0.1) is 5.92 Å². The predicted molar refractivity (Wildman–Crippen MR) is 82.9 cm³/mol. The van der Waals surface area contributed by atoms with Crippen molar-refractivity contribution in [1.29, 1.82) is 0 Å². The van der Waals surface area contributed by atoms with Gasteiger partial charge in [0, 0.05) is 18.6 Å². The molecule has 0 radical (unpaired) electrons. The minimum atomic E-state index is -0.435. The van der Waals surface area contributed by atoms with Gasteiger partial charge in [-0.3, -0.25) is 0 Å². The van der Waals surface area contributed by atoms with Gasteiger partial charge in [-0.2, -0.15) is 0 Å². The molecule has 0 bridgehead atoms. The standard InChI is InChI=1S/C16H32N2O2/c1-12(2)18-14(13-9-7-6-8-10-13)11-17-15(19)20-16(3,4)5/h12-14,18H,6-11H2,1-5H3,(H,17,19). The first-order valence-corrected chi connectivity index (χ1v) is 8.01. The third-order valence-corrected chi connectivity index (χ3v) is 3.63. The normalized spacial score (nSPS) is 18.9. The lowest BCUT2D eigenvalue weighted by atomic mass is 9.83. The maximum Gasteiger partial charge on any atom is 0.407 e. The zero-order valence-corrected chi connectivity index (χ0v) is 13.8. The molecule has 0 heterocycles. The average Bonchev–Trinajstić information content (AvgIpc) is 2.33. The fraction of sp³-hybridized carbons (Fsp3) is 0.938. The van der Waals surface area contributed by atoms with Crippen LogP contribution in [0.2, 0.25) is 0 Å². The van der Waals surface area contributed by atoms with Crippen molar-refractivity contribution in [2.75, 3.05) is 6.54 Å². The molecule has 1 aliphatic rings. The number of hydrogen-bond acceptors (Lipinski definition) is 3. The topological polar surface area (TPSA) is 50.4 Å². The van der Waals surface area contributed by atoms with E-state index < -0.39 is 5.60 Å². The van der Waals surface area contributed by atoms with Crippen molar-refractivity contribution in [2.24, 2.45) is 5.92 Å². The molecule has 0 saturated heterocycles. The number of amides is 1. The number of hydrogen-bond donors (Lipinski definition) is 2. The second kappa shape index (κ2) is 7.87. The van der Waals surface area contributed by atoms with E-state index >= 15 is 0 Å². The average molecular weight is 284 g/mol. The van der Waals surface area contributed by atoms with Gasteiger partial charge in [0.15, 0.2) is 0 Å². The number of carbonyl (C=O) groups is 1. The van der Waals surface area contributed by atoms with Crippen LogP contribution >= 0.6 is 0 Å². The first kappa shape index (κ1) is 17.3. The molecule has 2 N–H and O–H groups in total. The quantitative estimate of drug-likeness (QED) is 0.813. The molecule has 1 rings (SSSR count). The molecule has 1 amide bonds. The molecular formula is C16H32N2O2. The summed E-state index contributed by atoms with van der Waals surface area (Å²) in [6.45, 7) is 10.6. The zero-order chi connectivity index (χ0) is 15.2. The van der Waals surface area contributed by atoms with Crippen molar-refractivity contribution >= 4 is 6.09 Å². The Hall–Kier alpha value is -0.770. The molecule has 0 aliphatic heterocycles. The molecule has 4 heteroatoms. The molecule has 0 aromatic carbocycles. The van der Waals surface area contributed by atoms with Crippen LogP contribution in [0.1, 0.15) is 66.7 Å². The number of alkyl carbamates (subject to hydrolysis) is 1. The molecule has 1 unspecified atom stereocenters. The monoisotopic (exact) mass is 284 g/mol. The van der Waals surface area contributed by atoms with E-state index in [4.69, 9.17) is 4.74 Å². The number of ether oxygens (including phenoxy) is 1. The van der Waals surface area contributed by atoms with Crippen LogP contribution in [-0.2, 0) is 4.74 Å². The van der Waals surface area contributed by atoms with Crippen LogP contribution in [0.25, 0.3) is 0 Å². The van der Waals surface area contributed by atoms with Gasteiger partial charge in [0.2, 0.25) is 0 Å². The van der Waals surface area contributed by atoms with E-state index in [1.165, 1.54) is 32.1 Å². The fourth-order valence-electron chi connectivity index (χ4n) is 2.83. The lowest BCUT2D eigenvalue weighted by Gasteiger charge is -2.33. The summed E-state index contributed by atoms with van der Waals surface area (Å²) in [4.78, 5) is 11.8. The summed E-state index contributed by atoms with van der Waals surface area (Å²) in [5.74, 6) is 0.668. The van der Waals surface area contributed by atoms with Crippen molar-refractivity contribution in [1.82, 2.24) is 10.6 Å². The van der Waals surface area contributed by atoms with E-state index in [9.17, 15) is 4.79 Å². The van der Waals surface area contributed by atoms with Crippen molar-refractivity contribution in [3.05, 3.63) is 0 Å². The summed E-state index contributed by atoms with van der Waals surface area (Å²) < 4.78 is 5.30. The van der Waals surface area contributed by atoms with Crippen LogP contribution in [0.15, 0.2) is 0 Å². The maximum absolute atomic E-state index is 11.8. The van der Waals surface area contributed by atoms with Gasteiger partial charge in [-0.25, -0.2) is 4.79 Å². The summed E-state index contributed by atoms with van der Waals surface area (Å²) in [5.41, 5.74) is -0.435. The fourth-order valence-corrected chi connectivity index (χ4v) is 2.83. The summed E-state index contributed by atoms with van der Waals surface area (Å²) >= 11 is 0. The highest BCUT2D eigenvalue weighted by Crippen LogP contribution is 2.26. The van der Waals surface area contributed by atoms with Gasteiger partial charge < -0.3 is 15.4 Å². The predicted octanol–water partition coefficient (Wildman–Crippen LogP) is 3.46. The Bertz CT molecular complexity index is 291. The van der Waals surface area contributed by atoms with E-state index in [2.05, 4.69) is 24.5 Å². The van der Waals surface area contributed by atoms with Crippen molar-refractivity contribution in [3.63, 3.8) is 0 Å². The first-order valence-electron chi connectivity index (χ1n) is 8.01. The zero-order valence-electron chi connectivity index (χ0n) is 13.8. The highest BCUT2D eigenvalue weighted by atomic mass is 16.6. The molecular weight excluding hydrogens is 252 g/mol. The van der Waals surface area contributed by atoms with Gasteiger partial charge in [0.05, 0.1) is 0 Å². The third-order valence-electron chi connectivity index (χ3n) is 3.63. The second-order valence-corrected chi connectivity index (χ2v) is 7.21. The summed E-state index contributed by atoms with van der Waals surface area (Å²) in [5, 5.41) is 6.52. The van der Waals surface area contributed by atoms with Crippen LogP contribution in [0.4, 0.5) is 4.79 Å². The Balaban J connectivity index is 2.45. The SMILES string of the molecule is CC(C)NC(CNC(=O)OC(C)(C)C)C1CCCCC1. The van der Waals surface area contributed by atoms with Crippen molar-refractivity contribution < 1.29 is 9.53 Å². The number of nitrogens with one attached hydrogen (secondary N) is 2. The Labute approximate surface area is 124 Å². The molecule has 0 aromatic rings. The Morgan fingerprint density at radius 1 is 1.20 bits per heavy atom. The van der Waals surface area contributed by atoms with Crippen LogP contribution in [0.5, 0.6) is 0 Å².